The lowest BCUT2D eigenvalue weighted by Crippen LogP contribution is -2.10. The molecule has 0 atom stereocenters. The summed E-state index contributed by atoms with van der Waals surface area (Å²) in [6.07, 6.45) is 3.73. The van der Waals surface area contributed by atoms with E-state index >= 15 is 0 Å². The van der Waals surface area contributed by atoms with Crippen LogP contribution in [0.2, 0.25) is 0 Å². The second-order valence-electron chi connectivity index (χ2n) is 5.61. The third-order valence-corrected chi connectivity index (χ3v) is 5.93. The van der Waals surface area contributed by atoms with E-state index in [1.54, 1.807) is 47.8 Å². The summed E-state index contributed by atoms with van der Waals surface area (Å²) in [5.41, 5.74) is 3.44. The Kier molecular flexibility index (Phi) is 5.50. The zero-order valence-electron chi connectivity index (χ0n) is 14.8. The largest absolute Gasteiger partial charge is 0.461 e. The van der Waals surface area contributed by atoms with Crippen molar-refractivity contribution in [3.05, 3.63) is 53.2 Å². The van der Waals surface area contributed by atoms with E-state index in [0.717, 1.165) is 11.1 Å². The van der Waals surface area contributed by atoms with Gasteiger partial charge in [0.1, 0.15) is 11.8 Å². The molecule has 3 aromatic rings. The maximum Gasteiger partial charge on any atom is 0.355 e. The van der Waals surface area contributed by atoms with Crippen LogP contribution in [0.5, 0.6) is 0 Å². The molecule has 1 aromatic carbocycles. The first-order chi connectivity index (χ1) is 12.6. The fourth-order valence-corrected chi connectivity index (χ4v) is 4.69. The fourth-order valence-electron chi connectivity index (χ4n) is 2.91. The lowest BCUT2D eigenvalue weighted by Gasteiger charge is -2.08. The molecule has 0 N–H and O–H groups in total. The number of carbonyl (C=O) groups excluding carboxylic acids is 1. The third kappa shape index (κ3) is 3.28. The number of carbonyl (C=O) groups is 1. The van der Waals surface area contributed by atoms with Crippen LogP contribution in [-0.2, 0) is 11.8 Å². The van der Waals surface area contributed by atoms with Gasteiger partial charge in [0.25, 0.3) is 0 Å². The first-order valence-corrected chi connectivity index (χ1v) is 10.2. The summed E-state index contributed by atoms with van der Waals surface area (Å²) in [7, 11) is 1.75. The molecule has 0 aliphatic carbocycles. The summed E-state index contributed by atoms with van der Waals surface area (Å²) in [5.74, 6) is -0.418. The van der Waals surface area contributed by atoms with Gasteiger partial charge >= 0.3 is 5.97 Å². The Morgan fingerprint density at radius 1 is 1.27 bits per heavy atom. The molecule has 0 bridgehead atoms. The lowest BCUT2D eigenvalue weighted by molar-refractivity contribution is 0.0516. The summed E-state index contributed by atoms with van der Waals surface area (Å²) >= 11 is 3.43. The Hall–Kier alpha value is -2.49. The minimum absolute atomic E-state index is 0.292. The number of ether oxygens (including phenoxy) is 1. The highest BCUT2D eigenvalue weighted by Crippen LogP contribution is 2.37. The molecular weight excluding hydrogens is 364 g/mol. The van der Waals surface area contributed by atoms with Gasteiger partial charge in [-0.05, 0) is 35.8 Å². The zero-order chi connectivity index (χ0) is 18.7. The van der Waals surface area contributed by atoms with Crippen LogP contribution < -0.4 is 0 Å². The lowest BCUT2D eigenvalue weighted by atomic mass is 10.00. The number of hydrogen-bond donors (Lipinski definition) is 0. The van der Waals surface area contributed by atoms with E-state index in [1.165, 1.54) is 9.77 Å². The molecule has 6 heteroatoms. The number of rotatable bonds is 5. The average molecular weight is 383 g/mol. The van der Waals surface area contributed by atoms with Gasteiger partial charge in [-0.1, -0.05) is 24.3 Å². The molecule has 0 saturated carbocycles. The Bertz CT molecular complexity index is 978. The second kappa shape index (κ2) is 7.81. The van der Waals surface area contributed by atoms with Crippen LogP contribution in [0.15, 0.2) is 46.8 Å². The number of thioether (sulfide) groups is 1. The topological polar surface area (TPSA) is 55.0 Å². The highest BCUT2D eigenvalue weighted by molar-refractivity contribution is 7.98. The first kappa shape index (κ1) is 18.3. The molecule has 4 nitrogen and oxygen atoms in total. The number of nitrogens with zero attached hydrogens (tertiary/aromatic N) is 2. The van der Waals surface area contributed by atoms with Crippen LogP contribution in [0, 0.1) is 11.3 Å². The van der Waals surface area contributed by atoms with Gasteiger partial charge in [0, 0.05) is 28.6 Å². The predicted molar refractivity (Wildman–Crippen MR) is 107 cm³/mol. The predicted octanol–water partition coefficient (Wildman–Crippen LogP) is 5.19. The Morgan fingerprint density at radius 2 is 1.96 bits per heavy atom. The van der Waals surface area contributed by atoms with Crippen molar-refractivity contribution in [2.75, 3.05) is 12.9 Å². The number of esters is 1. The van der Waals surface area contributed by atoms with Gasteiger partial charge in [-0.3, -0.25) is 0 Å². The number of hydrogen-bond acceptors (Lipinski definition) is 5. The molecule has 2 aromatic heterocycles. The molecule has 0 fully saturated rings. The highest BCUT2D eigenvalue weighted by atomic mass is 32.2. The first-order valence-electron chi connectivity index (χ1n) is 8.09. The summed E-state index contributed by atoms with van der Waals surface area (Å²) in [6, 6.07) is 12.3. The van der Waals surface area contributed by atoms with Gasteiger partial charge < -0.3 is 9.30 Å². The maximum absolute atomic E-state index is 12.4. The molecule has 26 heavy (non-hydrogen) atoms. The number of aromatic nitrogens is 1. The van der Waals surface area contributed by atoms with Crippen LogP contribution >= 0.6 is 23.1 Å². The molecule has 0 radical (unpaired) electrons. The molecule has 0 aliphatic heterocycles. The summed E-state index contributed by atoms with van der Waals surface area (Å²) in [6.45, 7) is 2.06. The Labute approximate surface area is 161 Å². The van der Waals surface area contributed by atoms with Crippen molar-refractivity contribution in [3.8, 4) is 27.6 Å². The number of aryl methyl sites for hydroxylation is 1. The monoisotopic (exact) mass is 382 g/mol. The van der Waals surface area contributed by atoms with E-state index < -0.39 is 5.97 Å². The normalized spacial score (nSPS) is 10.5. The number of thiophene rings is 1. The third-order valence-electron chi connectivity index (χ3n) is 4.06. The van der Waals surface area contributed by atoms with E-state index in [0.29, 0.717) is 23.4 Å². The molecule has 0 amide bonds. The van der Waals surface area contributed by atoms with E-state index in [9.17, 15) is 10.1 Å². The molecule has 0 saturated heterocycles. The van der Waals surface area contributed by atoms with E-state index in [1.807, 2.05) is 24.3 Å². The molecule has 0 unspecified atom stereocenters. The van der Waals surface area contributed by atoms with Gasteiger partial charge in [-0.2, -0.15) is 5.26 Å². The SMILES string of the molecule is CCOC(=O)c1c(-c2ccc(-c3sccc3SC)cc2)c(C#N)cn1C. The van der Waals surface area contributed by atoms with Gasteiger partial charge in [0.2, 0.25) is 0 Å². The van der Waals surface area contributed by atoms with Gasteiger partial charge in [0.15, 0.2) is 0 Å². The van der Waals surface area contributed by atoms with Crippen LogP contribution in [0.25, 0.3) is 21.6 Å². The standard InChI is InChI=1S/C20H18N2O2S2/c1-4-24-20(23)18-17(15(11-21)12-22(18)2)13-5-7-14(8-6-13)19-16(25-3)9-10-26-19/h5-10,12H,4H2,1-3H3. The summed E-state index contributed by atoms with van der Waals surface area (Å²) < 4.78 is 6.83. The zero-order valence-corrected chi connectivity index (χ0v) is 16.4. The summed E-state index contributed by atoms with van der Waals surface area (Å²) in [5, 5.41) is 11.6. The second-order valence-corrected chi connectivity index (χ2v) is 7.37. The Balaban J connectivity index is 2.07. The van der Waals surface area contributed by atoms with Crippen molar-refractivity contribution < 1.29 is 9.53 Å². The number of benzene rings is 1. The van der Waals surface area contributed by atoms with Gasteiger partial charge in [0.05, 0.1) is 12.2 Å². The van der Waals surface area contributed by atoms with Crippen LogP contribution in [0.4, 0.5) is 0 Å². The Morgan fingerprint density at radius 3 is 2.58 bits per heavy atom. The van der Waals surface area contributed by atoms with Crippen LogP contribution in [0.1, 0.15) is 23.0 Å². The number of nitriles is 1. The molecule has 3 rings (SSSR count). The molecular formula is C20H18N2O2S2. The smallest absolute Gasteiger partial charge is 0.355 e. The highest BCUT2D eigenvalue weighted by Gasteiger charge is 2.22. The average Bonchev–Trinajstić information content (AvgIpc) is 3.25. The molecule has 2 heterocycles. The molecule has 0 aliphatic rings. The van der Waals surface area contributed by atoms with Crippen LogP contribution in [-0.4, -0.2) is 23.4 Å². The fraction of sp³-hybridized carbons (Fsp3) is 0.200. The maximum atomic E-state index is 12.4. The van der Waals surface area contributed by atoms with E-state index in [-0.39, 0.29) is 0 Å². The van der Waals surface area contributed by atoms with Gasteiger partial charge in [-0.25, -0.2) is 4.79 Å². The van der Waals surface area contributed by atoms with Crippen molar-refractivity contribution in [1.29, 1.82) is 5.26 Å². The van der Waals surface area contributed by atoms with Crippen molar-refractivity contribution >= 4 is 29.1 Å². The van der Waals surface area contributed by atoms with Crippen molar-refractivity contribution in [2.24, 2.45) is 7.05 Å². The molecule has 0 spiro atoms. The van der Waals surface area contributed by atoms with Crippen molar-refractivity contribution in [2.45, 2.75) is 11.8 Å². The van der Waals surface area contributed by atoms with E-state index in [4.69, 9.17) is 4.74 Å². The minimum atomic E-state index is -0.418. The minimum Gasteiger partial charge on any atom is -0.461 e. The van der Waals surface area contributed by atoms with E-state index in [2.05, 4.69) is 23.8 Å². The molecule has 132 valence electrons. The van der Waals surface area contributed by atoms with Crippen molar-refractivity contribution in [3.63, 3.8) is 0 Å². The summed E-state index contributed by atoms with van der Waals surface area (Å²) in [4.78, 5) is 14.8. The quantitative estimate of drug-likeness (QED) is 0.450. The van der Waals surface area contributed by atoms with Gasteiger partial charge in [-0.15, -0.1) is 23.1 Å². The van der Waals surface area contributed by atoms with Crippen LogP contribution in [0.3, 0.4) is 0 Å². The van der Waals surface area contributed by atoms with Crippen molar-refractivity contribution in [1.82, 2.24) is 4.57 Å².